The van der Waals surface area contributed by atoms with Gasteiger partial charge in [0.2, 0.25) is 0 Å². The molecule has 0 saturated carbocycles. The van der Waals surface area contributed by atoms with Crippen molar-refractivity contribution in [2.75, 3.05) is 26.2 Å². The number of ether oxygens (including phenoxy) is 1. The fourth-order valence-corrected chi connectivity index (χ4v) is 6.33. The number of aliphatic hydroxyl groups is 1. The van der Waals surface area contributed by atoms with Crippen LogP contribution in [0.15, 0.2) is 44.1 Å². The third kappa shape index (κ3) is 4.22. The maximum absolute atomic E-state index is 12.1. The lowest BCUT2D eigenvalue weighted by Crippen LogP contribution is -3.15. The highest BCUT2D eigenvalue weighted by Crippen LogP contribution is 2.34. The molecule has 1 fully saturated rings. The molecule has 0 amide bonds. The number of hydrogen-bond donors (Lipinski definition) is 2. The average molecular weight is 513 g/mol. The van der Waals surface area contributed by atoms with Gasteiger partial charge in [0.25, 0.3) is 5.56 Å². The molecule has 3 heterocycles. The fraction of sp³-hybridized carbons (Fsp3) is 0.476. The van der Waals surface area contributed by atoms with Gasteiger partial charge in [-0.15, -0.1) is 0 Å². The summed E-state index contributed by atoms with van der Waals surface area (Å²) in [5, 5.41) is 10.6. The molecule has 150 valence electrons. The zero-order chi connectivity index (χ0) is 19.8. The molecule has 2 bridgehead atoms. The molecule has 2 N–H and O–H groups in total. The van der Waals surface area contributed by atoms with Crippen molar-refractivity contribution in [3.63, 3.8) is 0 Å². The zero-order valence-corrected chi connectivity index (χ0v) is 19.0. The monoisotopic (exact) mass is 511 g/mol. The van der Waals surface area contributed by atoms with Crippen LogP contribution in [0.25, 0.3) is 0 Å². The minimum absolute atomic E-state index is 0.110. The predicted octanol–water partition coefficient (Wildman–Crippen LogP) is 2.12. The number of aliphatic hydroxyl groups excluding tert-OH is 1. The maximum atomic E-state index is 12.1. The van der Waals surface area contributed by atoms with E-state index in [-0.39, 0.29) is 12.2 Å². The molecular weight excluding hydrogens is 488 g/mol. The van der Waals surface area contributed by atoms with Gasteiger partial charge in [0.05, 0.1) is 22.0 Å². The number of hydrogen-bond acceptors (Lipinski definition) is 3. The van der Waals surface area contributed by atoms with Crippen molar-refractivity contribution < 1.29 is 14.7 Å². The first-order valence-corrected chi connectivity index (χ1v) is 11.3. The Hall–Kier alpha value is -1.15. The van der Waals surface area contributed by atoms with Crippen LogP contribution in [-0.4, -0.2) is 42.0 Å². The highest BCUT2D eigenvalue weighted by molar-refractivity contribution is 9.11. The highest BCUT2D eigenvalue weighted by Gasteiger charge is 2.37. The normalized spacial score (nSPS) is 24.5. The number of rotatable bonds is 5. The van der Waals surface area contributed by atoms with Crippen LogP contribution >= 0.6 is 31.9 Å². The van der Waals surface area contributed by atoms with Crippen molar-refractivity contribution in [1.82, 2.24) is 4.57 Å². The Labute approximate surface area is 181 Å². The van der Waals surface area contributed by atoms with E-state index in [0.29, 0.717) is 18.4 Å². The van der Waals surface area contributed by atoms with Gasteiger partial charge in [0.15, 0.2) is 0 Å². The van der Waals surface area contributed by atoms with E-state index in [9.17, 15) is 9.90 Å². The third-order valence-corrected chi connectivity index (χ3v) is 6.94. The second-order valence-electron chi connectivity index (χ2n) is 8.08. The van der Waals surface area contributed by atoms with Crippen LogP contribution in [0.3, 0.4) is 0 Å². The van der Waals surface area contributed by atoms with E-state index in [2.05, 4.69) is 37.9 Å². The summed E-state index contributed by atoms with van der Waals surface area (Å²) in [5.41, 5.74) is 2.40. The molecule has 1 saturated heterocycles. The van der Waals surface area contributed by atoms with E-state index in [1.165, 1.54) is 4.90 Å². The van der Waals surface area contributed by atoms with Crippen molar-refractivity contribution in [3.8, 4) is 5.75 Å². The number of pyridine rings is 1. The topological polar surface area (TPSA) is 55.9 Å². The van der Waals surface area contributed by atoms with Gasteiger partial charge < -0.3 is 19.3 Å². The van der Waals surface area contributed by atoms with E-state index < -0.39 is 6.10 Å². The van der Waals surface area contributed by atoms with Crippen LogP contribution in [0.4, 0.5) is 0 Å². The number of piperidine rings is 1. The first kappa shape index (κ1) is 20.1. The number of nitrogens with zero attached hydrogens (tertiary/aromatic N) is 1. The number of halogens is 2. The van der Waals surface area contributed by atoms with Gasteiger partial charge in [-0.3, -0.25) is 4.79 Å². The number of aryl methyl sites for hydroxylation is 1. The maximum Gasteiger partial charge on any atom is 0.250 e. The predicted molar refractivity (Wildman–Crippen MR) is 115 cm³/mol. The molecule has 2 aliphatic heterocycles. The Morgan fingerprint density at radius 3 is 2.79 bits per heavy atom. The summed E-state index contributed by atoms with van der Waals surface area (Å²) in [7, 11) is 0. The Morgan fingerprint density at radius 1 is 1.29 bits per heavy atom. The summed E-state index contributed by atoms with van der Waals surface area (Å²) in [6.07, 6.45) is 0.606. The summed E-state index contributed by atoms with van der Waals surface area (Å²) in [6, 6.07) is 9.60. The minimum Gasteiger partial charge on any atom is -0.488 e. The van der Waals surface area contributed by atoms with Crippen molar-refractivity contribution in [3.05, 3.63) is 60.9 Å². The molecule has 1 aromatic carbocycles. The lowest BCUT2D eigenvalue weighted by molar-refractivity contribution is -0.914. The second-order valence-corrected chi connectivity index (χ2v) is 9.79. The molecule has 2 aromatic rings. The first-order valence-electron chi connectivity index (χ1n) is 9.70. The SMILES string of the molecule is Cc1cc(Br)c(OCC(O)C[NH+]2C[C@H]3C[C@@H](C2)c2cccc(=O)n2C3)c(Br)c1. The Morgan fingerprint density at radius 2 is 2.04 bits per heavy atom. The third-order valence-electron chi connectivity index (χ3n) is 5.76. The lowest BCUT2D eigenvalue weighted by atomic mass is 9.83. The van der Waals surface area contributed by atoms with Gasteiger partial charge in [-0.05, 0) is 69.0 Å². The molecule has 4 rings (SSSR count). The largest absolute Gasteiger partial charge is 0.488 e. The van der Waals surface area contributed by atoms with Crippen molar-refractivity contribution >= 4 is 31.9 Å². The Bertz CT molecular complexity index is 907. The number of nitrogens with one attached hydrogen (secondary N) is 1. The average Bonchev–Trinajstić information content (AvgIpc) is 2.61. The minimum atomic E-state index is -0.535. The van der Waals surface area contributed by atoms with Gasteiger partial charge in [-0.25, -0.2) is 0 Å². The number of benzene rings is 1. The Balaban J connectivity index is 1.37. The molecule has 0 radical (unpaired) electrons. The number of fused-ring (bicyclic) bond motifs is 4. The zero-order valence-electron chi connectivity index (χ0n) is 15.8. The van der Waals surface area contributed by atoms with Gasteiger partial charge in [0, 0.05) is 30.1 Å². The molecule has 28 heavy (non-hydrogen) atoms. The van der Waals surface area contributed by atoms with Gasteiger partial charge in [-0.2, -0.15) is 0 Å². The number of aromatic nitrogens is 1. The van der Waals surface area contributed by atoms with Crippen LogP contribution in [0, 0.1) is 12.8 Å². The molecule has 1 aromatic heterocycles. The summed E-state index contributed by atoms with van der Waals surface area (Å²) in [4.78, 5) is 13.5. The Kier molecular flexibility index (Phi) is 5.97. The van der Waals surface area contributed by atoms with E-state index >= 15 is 0 Å². The smallest absolute Gasteiger partial charge is 0.250 e. The highest BCUT2D eigenvalue weighted by atomic mass is 79.9. The molecule has 0 aliphatic carbocycles. The molecular formula is C21H25Br2N2O3+. The summed E-state index contributed by atoms with van der Waals surface area (Å²) >= 11 is 7.06. The standard InChI is InChI=1S/C21H24Br2N2O3/c1-13-5-17(22)21(18(23)6-13)28-12-16(26)11-24-8-14-7-15(10-24)19-3-2-4-20(27)25(19)9-14/h2-6,14-16,26H,7-12H2,1H3/p+1/t14-,15+,16?/m1/s1. The van der Waals surface area contributed by atoms with Crippen molar-refractivity contribution in [2.45, 2.75) is 31.9 Å². The first-order chi connectivity index (χ1) is 13.4. The lowest BCUT2D eigenvalue weighted by Gasteiger charge is -2.40. The van der Waals surface area contributed by atoms with Crippen molar-refractivity contribution in [2.24, 2.45) is 5.92 Å². The second kappa shape index (κ2) is 8.30. The van der Waals surface area contributed by atoms with E-state index in [4.69, 9.17) is 4.74 Å². The molecule has 2 aliphatic rings. The quantitative estimate of drug-likeness (QED) is 0.645. The molecule has 2 unspecified atom stereocenters. The van der Waals surface area contributed by atoms with E-state index in [1.807, 2.05) is 29.7 Å². The van der Waals surface area contributed by atoms with Crippen molar-refractivity contribution in [1.29, 1.82) is 0 Å². The molecule has 5 nitrogen and oxygen atoms in total. The van der Waals surface area contributed by atoms with E-state index in [0.717, 1.165) is 52.0 Å². The van der Waals surface area contributed by atoms with Crippen LogP contribution in [0.1, 0.15) is 23.6 Å². The van der Waals surface area contributed by atoms with E-state index in [1.54, 1.807) is 6.07 Å². The van der Waals surface area contributed by atoms with Crippen LogP contribution in [-0.2, 0) is 6.54 Å². The van der Waals surface area contributed by atoms with Gasteiger partial charge in [0.1, 0.15) is 25.0 Å². The summed E-state index contributed by atoms with van der Waals surface area (Å²) in [6.45, 7) is 5.68. The number of quaternary nitrogens is 1. The molecule has 0 spiro atoms. The van der Waals surface area contributed by atoms with Crippen LogP contribution in [0.2, 0.25) is 0 Å². The summed E-state index contributed by atoms with van der Waals surface area (Å²) in [5.74, 6) is 1.61. The number of likely N-dealkylation sites (tertiary alicyclic amines) is 1. The fourth-order valence-electron chi connectivity index (χ4n) is 4.68. The molecule has 4 atom stereocenters. The van der Waals surface area contributed by atoms with Crippen LogP contribution < -0.4 is 15.2 Å². The van der Waals surface area contributed by atoms with Gasteiger partial charge in [-0.1, -0.05) is 6.07 Å². The van der Waals surface area contributed by atoms with Crippen LogP contribution in [0.5, 0.6) is 5.75 Å². The molecule has 7 heteroatoms. The summed E-state index contributed by atoms with van der Waals surface area (Å²) < 4.78 is 9.60. The van der Waals surface area contributed by atoms with Gasteiger partial charge >= 0.3 is 0 Å².